The highest BCUT2D eigenvalue weighted by Gasteiger charge is 2.22. The Balaban J connectivity index is 2.06. The van der Waals surface area contributed by atoms with Crippen LogP contribution in [-0.2, 0) is 5.41 Å². The first-order valence-electron chi connectivity index (χ1n) is 7.88. The maximum absolute atomic E-state index is 11.1. The second kappa shape index (κ2) is 6.74. The molecule has 0 saturated carbocycles. The molecule has 0 radical (unpaired) electrons. The predicted octanol–water partition coefficient (Wildman–Crippen LogP) is 3.15. The summed E-state index contributed by atoms with van der Waals surface area (Å²) in [5.41, 5.74) is 6.69. The van der Waals surface area contributed by atoms with Crippen LogP contribution in [0.1, 0.15) is 31.9 Å². The number of nitrogens with two attached hydrogens (primary N) is 1. The molecule has 0 aliphatic heterocycles. The van der Waals surface area contributed by atoms with Crippen molar-refractivity contribution in [2.75, 3.05) is 5.32 Å². The number of pyridine rings is 1. The van der Waals surface area contributed by atoms with Gasteiger partial charge in [0.2, 0.25) is 5.88 Å². The first-order chi connectivity index (χ1) is 12.7. The fourth-order valence-corrected chi connectivity index (χ4v) is 2.67. The van der Waals surface area contributed by atoms with Crippen molar-refractivity contribution >= 4 is 34.8 Å². The Morgan fingerprint density at radius 2 is 2.11 bits per heavy atom. The smallest absolute Gasteiger partial charge is 0.391 e. The first-order valence-corrected chi connectivity index (χ1v) is 8.26. The van der Waals surface area contributed by atoms with Crippen molar-refractivity contribution in [2.45, 2.75) is 26.2 Å². The third-order valence-electron chi connectivity index (χ3n) is 3.69. The highest BCUT2D eigenvalue weighted by Crippen LogP contribution is 2.33. The van der Waals surface area contributed by atoms with Gasteiger partial charge in [-0.15, -0.1) is 0 Å². The van der Waals surface area contributed by atoms with Crippen LogP contribution in [0.3, 0.4) is 0 Å². The molecule has 3 N–H and O–H groups in total. The topological polar surface area (TPSA) is 131 Å². The molecule has 0 bridgehead atoms. The van der Waals surface area contributed by atoms with Crippen molar-refractivity contribution in [3.05, 3.63) is 40.8 Å². The first kappa shape index (κ1) is 18.4. The van der Waals surface area contributed by atoms with Crippen LogP contribution in [0.5, 0.6) is 5.88 Å². The second-order valence-electron chi connectivity index (χ2n) is 6.74. The monoisotopic (exact) mass is 385 g/mol. The molecule has 0 fully saturated rings. The number of amides is 1. The third kappa shape index (κ3) is 3.75. The molecule has 0 aromatic carbocycles. The van der Waals surface area contributed by atoms with E-state index in [2.05, 4.69) is 20.4 Å². The molecule has 27 heavy (non-hydrogen) atoms. The second-order valence-corrected chi connectivity index (χ2v) is 7.13. The van der Waals surface area contributed by atoms with E-state index >= 15 is 0 Å². The van der Waals surface area contributed by atoms with Gasteiger partial charge in [0.15, 0.2) is 5.65 Å². The predicted molar refractivity (Wildman–Crippen MR) is 99.1 cm³/mol. The number of nitriles is 1. The van der Waals surface area contributed by atoms with E-state index < -0.39 is 6.09 Å². The molecule has 0 saturated heterocycles. The standard InChI is InChI=1S/C17H16ClN7O2/c1-17(2,3)11-4-10(8-21-15(11)27-16(20)26)23-13-5-12(18)24-14-9(6-19)7-22-25(13)14/h4-5,7-8,23H,1-3H3,(H2,20,26). The molecule has 0 aliphatic rings. The van der Waals surface area contributed by atoms with Gasteiger partial charge in [-0.1, -0.05) is 32.4 Å². The quantitative estimate of drug-likeness (QED) is 0.662. The zero-order valence-electron chi connectivity index (χ0n) is 14.8. The molecule has 3 rings (SSSR count). The summed E-state index contributed by atoms with van der Waals surface area (Å²) in [5, 5.41) is 16.7. The van der Waals surface area contributed by atoms with Gasteiger partial charge in [-0.25, -0.2) is 14.8 Å². The van der Waals surface area contributed by atoms with Crippen molar-refractivity contribution in [1.29, 1.82) is 5.26 Å². The van der Waals surface area contributed by atoms with Crippen LogP contribution in [0.25, 0.3) is 5.65 Å². The molecule has 1 amide bonds. The number of carbonyl (C=O) groups excluding carboxylic acids is 1. The molecule has 0 atom stereocenters. The van der Waals surface area contributed by atoms with E-state index in [0.717, 1.165) is 0 Å². The Morgan fingerprint density at radius 1 is 1.37 bits per heavy atom. The van der Waals surface area contributed by atoms with Gasteiger partial charge in [-0.05, 0) is 11.5 Å². The molecule has 3 aromatic rings. The van der Waals surface area contributed by atoms with Crippen LogP contribution < -0.4 is 15.8 Å². The molecule has 0 spiro atoms. The summed E-state index contributed by atoms with van der Waals surface area (Å²) in [5.74, 6) is 0.640. The Morgan fingerprint density at radius 3 is 2.74 bits per heavy atom. The number of hydrogen-bond acceptors (Lipinski definition) is 7. The van der Waals surface area contributed by atoms with Gasteiger partial charge in [0.1, 0.15) is 22.6 Å². The summed E-state index contributed by atoms with van der Waals surface area (Å²) in [7, 11) is 0. The van der Waals surface area contributed by atoms with Crippen LogP contribution in [0.4, 0.5) is 16.3 Å². The summed E-state index contributed by atoms with van der Waals surface area (Å²) in [4.78, 5) is 19.4. The van der Waals surface area contributed by atoms with E-state index in [1.807, 2.05) is 26.8 Å². The number of anilines is 2. The lowest BCUT2D eigenvalue weighted by Gasteiger charge is -2.22. The fourth-order valence-electron chi connectivity index (χ4n) is 2.48. The number of rotatable bonds is 3. The summed E-state index contributed by atoms with van der Waals surface area (Å²) >= 11 is 6.07. The molecule has 3 heterocycles. The van der Waals surface area contributed by atoms with E-state index in [-0.39, 0.29) is 16.4 Å². The van der Waals surface area contributed by atoms with Crippen LogP contribution in [0, 0.1) is 11.3 Å². The number of fused-ring (bicyclic) bond motifs is 1. The largest absolute Gasteiger partial charge is 0.411 e. The number of halogens is 1. The van der Waals surface area contributed by atoms with Crippen molar-refractivity contribution in [3.8, 4) is 11.9 Å². The number of aromatic nitrogens is 4. The fraction of sp³-hybridized carbons (Fsp3) is 0.235. The SMILES string of the molecule is CC(C)(C)c1cc(Nc2cc(Cl)nc3c(C#N)cnn23)cnc1OC(N)=O. The Bertz CT molecular complexity index is 1080. The maximum Gasteiger partial charge on any atom is 0.411 e. The minimum Gasteiger partial charge on any atom is -0.391 e. The number of carbonyl (C=O) groups is 1. The van der Waals surface area contributed by atoms with E-state index in [9.17, 15) is 4.79 Å². The summed E-state index contributed by atoms with van der Waals surface area (Å²) in [6.45, 7) is 5.86. The van der Waals surface area contributed by atoms with Crippen molar-refractivity contribution < 1.29 is 9.53 Å². The zero-order valence-corrected chi connectivity index (χ0v) is 15.6. The lowest BCUT2D eigenvalue weighted by Crippen LogP contribution is -2.21. The molecule has 0 aliphatic carbocycles. The van der Waals surface area contributed by atoms with Crippen LogP contribution in [0.2, 0.25) is 5.15 Å². The van der Waals surface area contributed by atoms with Gasteiger partial charge in [0.05, 0.1) is 18.1 Å². The molecular weight excluding hydrogens is 370 g/mol. The number of nitrogens with zero attached hydrogens (tertiary/aromatic N) is 5. The number of hydrogen-bond donors (Lipinski definition) is 2. The van der Waals surface area contributed by atoms with E-state index in [1.165, 1.54) is 16.9 Å². The molecule has 138 valence electrons. The Kier molecular flexibility index (Phi) is 4.59. The highest BCUT2D eigenvalue weighted by atomic mass is 35.5. The van der Waals surface area contributed by atoms with Crippen LogP contribution in [-0.4, -0.2) is 25.7 Å². The molecule has 0 unspecified atom stereocenters. The summed E-state index contributed by atoms with van der Waals surface area (Å²) in [6.07, 6.45) is 1.96. The van der Waals surface area contributed by atoms with E-state index in [0.29, 0.717) is 28.3 Å². The highest BCUT2D eigenvalue weighted by molar-refractivity contribution is 6.29. The van der Waals surface area contributed by atoms with Crippen molar-refractivity contribution in [2.24, 2.45) is 5.73 Å². The van der Waals surface area contributed by atoms with Gasteiger partial charge < -0.3 is 15.8 Å². The lowest BCUT2D eigenvalue weighted by molar-refractivity contribution is 0.208. The average Bonchev–Trinajstić information content (AvgIpc) is 2.97. The lowest BCUT2D eigenvalue weighted by atomic mass is 9.87. The van der Waals surface area contributed by atoms with Crippen molar-refractivity contribution in [1.82, 2.24) is 19.6 Å². The Labute approximate surface area is 159 Å². The van der Waals surface area contributed by atoms with E-state index in [4.69, 9.17) is 27.3 Å². The van der Waals surface area contributed by atoms with Gasteiger partial charge >= 0.3 is 6.09 Å². The van der Waals surface area contributed by atoms with Gasteiger partial charge in [0.25, 0.3) is 0 Å². The summed E-state index contributed by atoms with van der Waals surface area (Å²) in [6, 6.07) is 5.39. The average molecular weight is 386 g/mol. The van der Waals surface area contributed by atoms with E-state index in [1.54, 1.807) is 12.1 Å². The zero-order chi connectivity index (χ0) is 19.8. The molecular formula is C17H16ClN7O2. The number of ether oxygens (including phenoxy) is 1. The summed E-state index contributed by atoms with van der Waals surface area (Å²) < 4.78 is 6.47. The van der Waals surface area contributed by atoms with Gasteiger partial charge in [-0.2, -0.15) is 14.9 Å². The normalized spacial score (nSPS) is 11.2. The van der Waals surface area contributed by atoms with Crippen molar-refractivity contribution in [3.63, 3.8) is 0 Å². The molecule has 3 aromatic heterocycles. The third-order valence-corrected chi connectivity index (χ3v) is 3.88. The minimum atomic E-state index is -0.933. The van der Waals surface area contributed by atoms with Gasteiger partial charge in [0, 0.05) is 11.6 Å². The number of nitrogens with one attached hydrogen (secondary N) is 1. The Hall–Kier alpha value is -3.38. The minimum absolute atomic E-state index is 0.143. The maximum atomic E-state index is 11.1. The van der Waals surface area contributed by atoms with Crippen LogP contribution in [0.15, 0.2) is 24.5 Å². The van der Waals surface area contributed by atoms with Crippen LogP contribution >= 0.6 is 11.6 Å². The molecule has 9 nitrogen and oxygen atoms in total. The molecule has 10 heteroatoms. The van der Waals surface area contributed by atoms with Gasteiger partial charge in [-0.3, -0.25) is 0 Å². The number of primary amides is 1.